The van der Waals surface area contributed by atoms with Crippen LogP contribution in [-0.4, -0.2) is 32.0 Å². The topological polar surface area (TPSA) is 75.2 Å². The third kappa shape index (κ3) is 2.89. The van der Waals surface area contributed by atoms with Gasteiger partial charge in [0.1, 0.15) is 5.52 Å². The summed E-state index contributed by atoms with van der Waals surface area (Å²) in [5.74, 6) is 0.160. The van der Waals surface area contributed by atoms with Crippen molar-refractivity contribution in [3.05, 3.63) is 53.2 Å². The molecule has 1 aromatic heterocycles. The average Bonchev–Trinajstić information content (AvgIpc) is 2.95. The highest BCUT2D eigenvalue weighted by molar-refractivity contribution is 7.92. The fourth-order valence-corrected chi connectivity index (χ4v) is 4.22. The zero-order chi connectivity index (χ0) is 17.6. The van der Waals surface area contributed by atoms with Gasteiger partial charge >= 0.3 is 0 Å². The van der Waals surface area contributed by atoms with E-state index >= 15 is 0 Å². The Labute approximate surface area is 150 Å². The van der Waals surface area contributed by atoms with E-state index in [2.05, 4.69) is 19.6 Å². The van der Waals surface area contributed by atoms with Crippen molar-refractivity contribution in [3.8, 4) is 0 Å². The maximum atomic E-state index is 12.7. The molecule has 1 aliphatic rings. The smallest absolute Gasteiger partial charge is 0.263 e. The summed E-state index contributed by atoms with van der Waals surface area (Å²) in [7, 11) is -1.74. The molecule has 8 heteroatoms. The van der Waals surface area contributed by atoms with Gasteiger partial charge < -0.3 is 4.90 Å². The summed E-state index contributed by atoms with van der Waals surface area (Å²) < 4.78 is 27.8. The second kappa shape index (κ2) is 5.86. The normalized spacial score (nSPS) is 13.9. The van der Waals surface area contributed by atoms with Gasteiger partial charge in [0.05, 0.1) is 21.6 Å². The van der Waals surface area contributed by atoms with E-state index in [1.807, 2.05) is 13.1 Å². The van der Waals surface area contributed by atoms with E-state index in [9.17, 15) is 8.42 Å². The molecule has 0 atom stereocenters. The van der Waals surface area contributed by atoms with Gasteiger partial charge in [-0.25, -0.2) is 18.4 Å². The molecule has 2 aromatic carbocycles. The van der Waals surface area contributed by atoms with Gasteiger partial charge in [-0.05, 0) is 42.3 Å². The molecule has 0 fully saturated rings. The summed E-state index contributed by atoms with van der Waals surface area (Å²) in [6, 6.07) is 10.3. The van der Waals surface area contributed by atoms with Crippen LogP contribution in [-0.2, 0) is 16.4 Å². The lowest BCUT2D eigenvalue weighted by Crippen LogP contribution is -2.15. The van der Waals surface area contributed by atoms with Crippen molar-refractivity contribution in [2.45, 2.75) is 11.3 Å². The molecule has 1 aliphatic heterocycles. The number of nitrogens with one attached hydrogen (secondary N) is 1. The molecule has 0 saturated carbocycles. The van der Waals surface area contributed by atoms with Gasteiger partial charge in [0.2, 0.25) is 0 Å². The molecular weight excluding hydrogens is 360 g/mol. The fraction of sp³-hybridized carbons (Fsp3) is 0.176. The van der Waals surface area contributed by atoms with Crippen LogP contribution in [0.2, 0.25) is 5.02 Å². The lowest BCUT2D eigenvalue weighted by Gasteiger charge is -2.13. The van der Waals surface area contributed by atoms with Gasteiger partial charge in [0, 0.05) is 19.3 Å². The van der Waals surface area contributed by atoms with Gasteiger partial charge in [0.15, 0.2) is 5.82 Å². The number of rotatable bonds is 3. The van der Waals surface area contributed by atoms with Crippen molar-refractivity contribution >= 4 is 44.2 Å². The molecule has 3 aromatic rings. The maximum Gasteiger partial charge on any atom is 0.263 e. The van der Waals surface area contributed by atoms with E-state index in [1.54, 1.807) is 30.3 Å². The van der Waals surface area contributed by atoms with Crippen LogP contribution in [0.25, 0.3) is 11.0 Å². The van der Waals surface area contributed by atoms with Crippen molar-refractivity contribution in [3.63, 3.8) is 0 Å². The van der Waals surface area contributed by atoms with Crippen LogP contribution in [0.4, 0.5) is 11.5 Å². The number of hydrogen-bond acceptors (Lipinski definition) is 5. The maximum absolute atomic E-state index is 12.7. The Hall–Kier alpha value is -2.38. The first-order valence-electron chi connectivity index (χ1n) is 7.72. The molecule has 0 unspecified atom stereocenters. The van der Waals surface area contributed by atoms with Crippen molar-refractivity contribution in [2.24, 2.45) is 0 Å². The van der Waals surface area contributed by atoms with Crippen molar-refractivity contribution in [1.82, 2.24) is 9.97 Å². The molecule has 128 valence electrons. The van der Waals surface area contributed by atoms with E-state index in [0.29, 0.717) is 16.1 Å². The highest BCUT2D eigenvalue weighted by atomic mass is 35.5. The molecule has 0 spiro atoms. The lowest BCUT2D eigenvalue weighted by atomic mass is 10.2. The molecule has 0 bridgehead atoms. The summed E-state index contributed by atoms with van der Waals surface area (Å²) in [6.45, 7) is 0.892. The van der Waals surface area contributed by atoms with E-state index in [-0.39, 0.29) is 10.7 Å². The minimum absolute atomic E-state index is 0.160. The molecule has 0 aliphatic carbocycles. The first kappa shape index (κ1) is 16.1. The summed E-state index contributed by atoms with van der Waals surface area (Å²) in [5, 5.41) is 0.474. The first-order chi connectivity index (χ1) is 11.9. The summed E-state index contributed by atoms with van der Waals surface area (Å²) in [6.07, 6.45) is 2.20. The molecule has 1 N–H and O–H groups in total. The third-order valence-corrected chi connectivity index (χ3v) is 5.91. The highest BCUT2D eigenvalue weighted by Crippen LogP contribution is 2.29. The van der Waals surface area contributed by atoms with Crippen LogP contribution in [0.3, 0.4) is 0 Å². The van der Waals surface area contributed by atoms with Gasteiger partial charge in [0.25, 0.3) is 10.0 Å². The monoisotopic (exact) mass is 374 g/mol. The van der Waals surface area contributed by atoms with Gasteiger partial charge in [-0.15, -0.1) is 0 Å². The predicted molar refractivity (Wildman–Crippen MR) is 98.8 cm³/mol. The van der Waals surface area contributed by atoms with Crippen LogP contribution in [0, 0.1) is 0 Å². The number of likely N-dealkylation sites (N-methyl/N-ethyl adjacent to an activating group) is 1. The van der Waals surface area contributed by atoms with Crippen LogP contribution in [0.1, 0.15) is 5.56 Å². The van der Waals surface area contributed by atoms with Gasteiger partial charge in [-0.3, -0.25) is 4.72 Å². The van der Waals surface area contributed by atoms with E-state index in [0.717, 1.165) is 24.2 Å². The zero-order valence-corrected chi connectivity index (χ0v) is 15.0. The number of halogens is 1. The summed E-state index contributed by atoms with van der Waals surface area (Å²) in [4.78, 5) is 10.8. The van der Waals surface area contributed by atoms with Crippen molar-refractivity contribution in [2.75, 3.05) is 23.2 Å². The highest BCUT2D eigenvalue weighted by Gasteiger charge is 2.21. The number of para-hydroxylation sites is 1. The Morgan fingerprint density at radius 3 is 2.92 bits per heavy atom. The second-order valence-corrected chi connectivity index (χ2v) is 8.02. The van der Waals surface area contributed by atoms with Gasteiger partial charge in [-0.2, -0.15) is 0 Å². The summed E-state index contributed by atoms with van der Waals surface area (Å²) >= 11 is 6.06. The fourth-order valence-electron chi connectivity index (χ4n) is 2.96. The first-order valence-corrected chi connectivity index (χ1v) is 9.58. The average molecular weight is 375 g/mol. The largest absolute Gasteiger partial charge is 0.374 e. The number of fused-ring (bicyclic) bond motifs is 2. The minimum atomic E-state index is -3.74. The Morgan fingerprint density at radius 1 is 1.24 bits per heavy atom. The Morgan fingerprint density at radius 2 is 2.08 bits per heavy atom. The molecule has 6 nitrogen and oxygen atoms in total. The Bertz CT molecular complexity index is 1090. The van der Waals surface area contributed by atoms with Crippen LogP contribution in [0.5, 0.6) is 0 Å². The number of anilines is 2. The molecule has 4 rings (SSSR count). The van der Waals surface area contributed by atoms with E-state index < -0.39 is 10.0 Å². The van der Waals surface area contributed by atoms with Crippen molar-refractivity contribution < 1.29 is 8.42 Å². The number of benzene rings is 2. The number of nitrogens with zero attached hydrogens (tertiary/aromatic N) is 3. The lowest BCUT2D eigenvalue weighted by molar-refractivity contribution is 0.601. The third-order valence-electron chi connectivity index (χ3n) is 4.25. The van der Waals surface area contributed by atoms with Gasteiger partial charge in [-0.1, -0.05) is 17.7 Å². The van der Waals surface area contributed by atoms with E-state index in [4.69, 9.17) is 11.6 Å². The SMILES string of the molecule is CN1CCc2cc(S(=O)(=O)Nc3cnc4c(Cl)cccc4n3)ccc21. The van der Waals surface area contributed by atoms with Crippen molar-refractivity contribution in [1.29, 1.82) is 0 Å². The number of aromatic nitrogens is 2. The molecule has 0 saturated heterocycles. The number of sulfonamides is 1. The van der Waals surface area contributed by atoms with Crippen LogP contribution >= 0.6 is 11.6 Å². The summed E-state index contributed by atoms with van der Waals surface area (Å²) in [5.41, 5.74) is 3.16. The zero-order valence-electron chi connectivity index (χ0n) is 13.4. The van der Waals surface area contributed by atoms with Crippen LogP contribution in [0.15, 0.2) is 47.5 Å². The molecule has 0 radical (unpaired) electrons. The second-order valence-electron chi connectivity index (χ2n) is 5.93. The Balaban J connectivity index is 1.68. The molecule has 25 heavy (non-hydrogen) atoms. The quantitative estimate of drug-likeness (QED) is 0.762. The molecular formula is C17H15ClN4O2S. The Kier molecular flexibility index (Phi) is 3.77. The predicted octanol–water partition coefficient (Wildman–Crippen LogP) is 3.08. The number of hydrogen-bond donors (Lipinski definition) is 1. The van der Waals surface area contributed by atoms with E-state index in [1.165, 1.54) is 6.20 Å². The molecule has 0 amide bonds. The standard InChI is InChI=1S/C17H15ClN4O2S/c1-22-8-7-11-9-12(5-6-15(11)22)25(23,24)21-16-10-19-17-13(18)3-2-4-14(17)20-16/h2-6,9-10H,7-8H2,1H3,(H,20,21). The minimum Gasteiger partial charge on any atom is -0.374 e. The van der Waals surface area contributed by atoms with Crippen LogP contribution < -0.4 is 9.62 Å². The molecule has 2 heterocycles.